The van der Waals surface area contributed by atoms with Crippen molar-refractivity contribution < 1.29 is 15.3 Å². The lowest BCUT2D eigenvalue weighted by Crippen LogP contribution is -2.22. The molecule has 0 aliphatic carbocycles. The molecule has 1 aliphatic rings. The summed E-state index contributed by atoms with van der Waals surface area (Å²) in [5.74, 6) is 0. The summed E-state index contributed by atoms with van der Waals surface area (Å²) in [7, 11) is 0. The molecule has 1 aliphatic heterocycles. The summed E-state index contributed by atoms with van der Waals surface area (Å²) < 4.78 is 5.69. The van der Waals surface area contributed by atoms with Crippen molar-refractivity contribution >= 4 is 0 Å². The molecule has 112 valence electrons. The molecule has 0 amide bonds. The van der Waals surface area contributed by atoms with Crippen molar-refractivity contribution in [1.82, 2.24) is 0 Å². The Labute approximate surface area is 113 Å². The highest BCUT2D eigenvalue weighted by Crippen LogP contribution is 2.30. The Bertz CT molecular complexity index is 150. The molecule has 3 N–H and O–H groups in total. The van der Waals surface area contributed by atoms with Crippen LogP contribution in [-0.4, -0.2) is 29.4 Å². The summed E-state index contributed by atoms with van der Waals surface area (Å²) in [5, 5.41) is 8.20. The van der Waals surface area contributed by atoms with Gasteiger partial charge in [0.1, 0.15) is 0 Å². The molecule has 1 heterocycles. The first-order valence-corrected chi connectivity index (χ1v) is 7.43. The van der Waals surface area contributed by atoms with Gasteiger partial charge in [-0.15, -0.1) is 0 Å². The molecule has 0 aromatic heterocycles. The lowest BCUT2D eigenvalue weighted by molar-refractivity contribution is 0.0114. The number of aliphatic hydroxyl groups is 1. The highest BCUT2D eigenvalue weighted by molar-refractivity contribution is 4.79. The van der Waals surface area contributed by atoms with Crippen LogP contribution in [0, 0.1) is 0 Å². The van der Waals surface area contributed by atoms with Gasteiger partial charge in [-0.3, -0.25) is 0 Å². The Hall–Kier alpha value is -0.120. The maximum absolute atomic E-state index is 8.20. The summed E-state index contributed by atoms with van der Waals surface area (Å²) in [6.45, 7) is 7.97. The quantitative estimate of drug-likeness (QED) is 0.714. The largest absolute Gasteiger partial charge is 0.412 e. The van der Waals surface area contributed by atoms with E-state index in [1.807, 2.05) is 0 Å². The first-order chi connectivity index (χ1) is 8.18. The van der Waals surface area contributed by atoms with E-state index in [-0.39, 0.29) is 11.1 Å². The molecule has 3 heteroatoms. The van der Waals surface area contributed by atoms with Crippen molar-refractivity contribution in [3.63, 3.8) is 0 Å². The lowest BCUT2D eigenvalue weighted by Gasteiger charge is -2.22. The Morgan fingerprint density at radius 1 is 1.06 bits per heavy atom. The third kappa shape index (κ3) is 11.0. The molecular formula is C15H34O3. The normalized spacial score (nSPS) is 22.0. The van der Waals surface area contributed by atoms with Crippen LogP contribution in [0.3, 0.4) is 0 Å². The van der Waals surface area contributed by atoms with Crippen LogP contribution in [0.15, 0.2) is 0 Å². The van der Waals surface area contributed by atoms with Crippen LogP contribution in [0.2, 0.25) is 0 Å². The van der Waals surface area contributed by atoms with Gasteiger partial charge >= 0.3 is 0 Å². The number of hydrogen-bond donors (Lipinski definition) is 1. The van der Waals surface area contributed by atoms with Gasteiger partial charge in [-0.1, -0.05) is 46.0 Å². The van der Waals surface area contributed by atoms with Gasteiger partial charge in [0.15, 0.2) is 0 Å². The van der Waals surface area contributed by atoms with Crippen molar-refractivity contribution in [1.29, 1.82) is 0 Å². The minimum absolute atomic E-state index is 0. The first-order valence-electron chi connectivity index (χ1n) is 7.43. The van der Waals surface area contributed by atoms with E-state index in [2.05, 4.69) is 20.8 Å². The molecule has 1 unspecified atom stereocenters. The molecule has 1 atom stereocenters. The number of rotatable bonds is 7. The van der Waals surface area contributed by atoms with E-state index < -0.39 is 0 Å². The average molecular weight is 262 g/mol. The smallest absolute Gasteiger partial charge is 0.0655 e. The van der Waals surface area contributed by atoms with E-state index in [1.54, 1.807) is 0 Å². The van der Waals surface area contributed by atoms with E-state index in [0.717, 1.165) is 19.4 Å². The SMILES string of the molecule is CCCCCC1(C)CCCO1.CCCCCO.O. The molecule has 0 radical (unpaired) electrons. The van der Waals surface area contributed by atoms with Crippen LogP contribution in [0.4, 0.5) is 0 Å². The van der Waals surface area contributed by atoms with E-state index in [9.17, 15) is 0 Å². The molecule has 0 saturated carbocycles. The maximum atomic E-state index is 8.20. The summed E-state index contributed by atoms with van der Waals surface area (Å²) in [6, 6.07) is 0. The zero-order valence-corrected chi connectivity index (χ0v) is 12.6. The summed E-state index contributed by atoms with van der Waals surface area (Å²) >= 11 is 0. The second-order valence-electron chi connectivity index (χ2n) is 5.29. The van der Waals surface area contributed by atoms with Gasteiger partial charge in [-0.05, 0) is 32.6 Å². The highest BCUT2D eigenvalue weighted by Gasteiger charge is 2.28. The van der Waals surface area contributed by atoms with E-state index >= 15 is 0 Å². The zero-order valence-electron chi connectivity index (χ0n) is 12.6. The summed E-state index contributed by atoms with van der Waals surface area (Å²) in [6.07, 6.45) is 11.1. The Morgan fingerprint density at radius 3 is 2.06 bits per heavy atom. The molecule has 3 nitrogen and oxygen atoms in total. The highest BCUT2D eigenvalue weighted by atomic mass is 16.5. The monoisotopic (exact) mass is 262 g/mol. The summed E-state index contributed by atoms with van der Waals surface area (Å²) in [4.78, 5) is 0. The van der Waals surface area contributed by atoms with Crippen molar-refractivity contribution in [3.05, 3.63) is 0 Å². The molecule has 1 rings (SSSR count). The number of aliphatic hydroxyl groups excluding tert-OH is 1. The Kier molecular flexibility index (Phi) is 14.9. The van der Waals surface area contributed by atoms with Crippen LogP contribution in [0.25, 0.3) is 0 Å². The Balaban J connectivity index is 0. The standard InChI is InChI=1S/C10H20O.C5H12O.H2O/c1-3-4-5-7-10(2)8-6-9-11-10;1-2-3-4-5-6;/h3-9H2,1-2H3;6H,2-5H2,1H3;1H2. The molecule has 0 bridgehead atoms. The molecular weight excluding hydrogens is 228 g/mol. The van der Waals surface area contributed by atoms with Crippen molar-refractivity contribution in [2.45, 2.75) is 84.2 Å². The predicted molar refractivity (Wildman–Crippen MR) is 78.0 cm³/mol. The van der Waals surface area contributed by atoms with Crippen molar-refractivity contribution in [2.75, 3.05) is 13.2 Å². The average Bonchev–Trinajstić information content (AvgIpc) is 2.75. The maximum Gasteiger partial charge on any atom is 0.0655 e. The number of hydrogen-bond acceptors (Lipinski definition) is 2. The molecule has 1 saturated heterocycles. The van der Waals surface area contributed by atoms with Crippen LogP contribution in [-0.2, 0) is 4.74 Å². The fourth-order valence-electron chi connectivity index (χ4n) is 2.14. The van der Waals surface area contributed by atoms with Crippen LogP contribution < -0.4 is 0 Å². The first kappa shape index (κ1) is 20.2. The predicted octanol–water partition coefficient (Wildman–Crippen LogP) is 3.48. The summed E-state index contributed by atoms with van der Waals surface area (Å²) in [5.41, 5.74) is 0.245. The van der Waals surface area contributed by atoms with Crippen LogP contribution >= 0.6 is 0 Å². The molecule has 0 aromatic rings. The van der Waals surface area contributed by atoms with Gasteiger partial charge in [-0.2, -0.15) is 0 Å². The second kappa shape index (κ2) is 13.3. The third-order valence-electron chi connectivity index (χ3n) is 3.37. The molecule has 0 spiro atoms. The topological polar surface area (TPSA) is 61.0 Å². The van der Waals surface area contributed by atoms with Crippen LogP contribution in [0.1, 0.15) is 78.6 Å². The van der Waals surface area contributed by atoms with Gasteiger partial charge in [0.25, 0.3) is 0 Å². The zero-order chi connectivity index (χ0) is 13.0. The van der Waals surface area contributed by atoms with E-state index in [0.29, 0.717) is 6.61 Å². The fraction of sp³-hybridized carbons (Fsp3) is 1.00. The second-order valence-corrected chi connectivity index (χ2v) is 5.29. The van der Waals surface area contributed by atoms with E-state index in [4.69, 9.17) is 9.84 Å². The molecule has 18 heavy (non-hydrogen) atoms. The minimum atomic E-state index is 0. The van der Waals surface area contributed by atoms with Gasteiger partial charge in [0.2, 0.25) is 0 Å². The lowest BCUT2D eigenvalue weighted by atomic mass is 9.95. The third-order valence-corrected chi connectivity index (χ3v) is 3.37. The fourth-order valence-corrected chi connectivity index (χ4v) is 2.14. The van der Waals surface area contributed by atoms with Gasteiger partial charge < -0.3 is 15.3 Å². The van der Waals surface area contributed by atoms with E-state index in [1.165, 1.54) is 44.9 Å². The number of unbranched alkanes of at least 4 members (excludes halogenated alkanes) is 4. The molecule has 1 fully saturated rings. The van der Waals surface area contributed by atoms with Crippen molar-refractivity contribution in [2.24, 2.45) is 0 Å². The molecule has 0 aromatic carbocycles. The van der Waals surface area contributed by atoms with Gasteiger partial charge in [0.05, 0.1) is 5.60 Å². The number of ether oxygens (including phenoxy) is 1. The van der Waals surface area contributed by atoms with Gasteiger partial charge in [0, 0.05) is 13.2 Å². The van der Waals surface area contributed by atoms with Gasteiger partial charge in [-0.25, -0.2) is 0 Å². The van der Waals surface area contributed by atoms with Crippen LogP contribution in [0.5, 0.6) is 0 Å². The minimum Gasteiger partial charge on any atom is -0.412 e. The Morgan fingerprint density at radius 2 is 1.67 bits per heavy atom. The van der Waals surface area contributed by atoms with Crippen molar-refractivity contribution in [3.8, 4) is 0 Å².